The summed E-state index contributed by atoms with van der Waals surface area (Å²) in [6.07, 6.45) is -4.11. The molecule has 31 heavy (non-hydrogen) atoms. The number of hydrogen-bond acceptors (Lipinski definition) is 10. The number of benzene rings is 1. The molecule has 2 aliphatic rings. The van der Waals surface area contributed by atoms with Gasteiger partial charge in [0.1, 0.15) is 0 Å². The lowest BCUT2D eigenvalue weighted by Crippen LogP contribution is -2.58. The maximum absolute atomic E-state index is 12.8. The summed E-state index contributed by atoms with van der Waals surface area (Å²) in [4.78, 5) is 59.8. The number of allylic oxidation sites excluding steroid dienone is 2. The van der Waals surface area contributed by atoms with Crippen LogP contribution in [0.25, 0.3) is 0 Å². The van der Waals surface area contributed by atoms with E-state index >= 15 is 0 Å². The molecular weight excluding hydrogens is 412 g/mol. The number of fused-ring (bicyclic) bond motifs is 1. The first-order chi connectivity index (χ1) is 14.7. The Morgan fingerprint density at radius 2 is 1.45 bits per heavy atom. The molecule has 1 aromatic carbocycles. The van der Waals surface area contributed by atoms with Gasteiger partial charge in [0.15, 0.2) is 23.8 Å². The Balaban J connectivity index is 1.89. The predicted octanol–water partition coefficient (Wildman–Crippen LogP) is 1.12. The fraction of sp³-hybridized carbons (Fsp3) is 0.381. The van der Waals surface area contributed by atoms with Crippen molar-refractivity contribution in [3.05, 3.63) is 47.2 Å². The summed E-state index contributed by atoms with van der Waals surface area (Å²) in [6, 6.07) is 6.23. The Morgan fingerprint density at radius 3 is 2.06 bits per heavy atom. The summed E-state index contributed by atoms with van der Waals surface area (Å²) in [6.45, 7) is 3.13. The molecule has 0 unspecified atom stereocenters. The van der Waals surface area contributed by atoms with E-state index in [1.807, 2.05) is 0 Å². The van der Waals surface area contributed by atoms with Gasteiger partial charge < -0.3 is 23.7 Å². The van der Waals surface area contributed by atoms with Crippen LogP contribution in [0.5, 0.6) is 0 Å². The molecular formula is C21H20O10. The molecule has 0 N–H and O–H groups in total. The van der Waals surface area contributed by atoms with E-state index in [1.165, 1.54) is 12.1 Å². The van der Waals surface area contributed by atoms with Gasteiger partial charge in [-0.15, -0.1) is 0 Å². The minimum absolute atomic E-state index is 0.152. The predicted molar refractivity (Wildman–Crippen MR) is 101 cm³/mol. The van der Waals surface area contributed by atoms with E-state index in [0.29, 0.717) is 0 Å². The van der Waals surface area contributed by atoms with Gasteiger partial charge in [0.25, 0.3) is 0 Å². The van der Waals surface area contributed by atoms with E-state index in [9.17, 15) is 24.0 Å². The normalized spacial score (nSPS) is 25.1. The molecule has 164 valence electrons. The van der Waals surface area contributed by atoms with Crippen molar-refractivity contribution in [2.75, 3.05) is 6.61 Å². The van der Waals surface area contributed by atoms with E-state index in [0.717, 1.165) is 26.8 Å². The van der Waals surface area contributed by atoms with Crippen LogP contribution in [0.2, 0.25) is 0 Å². The van der Waals surface area contributed by atoms with Gasteiger partial charge in [-0.05, 0) is 0 Å². The fourth-order valence-corrected chi connectivity index (χ4v) is 3.31. The molecule has 1 saturated heterocycles. The topological polar surface area (TPSA) is 132 Å². The van der Waals surface area contributed by atoms with Gasteiger partial charge in [0.2, 0.25) is 18.2 Å². The Bertz CT molecular complexity index is 963. The summed E-state index contributed by atoms with van der Waals surface area (Å²) in [7, 11) is 0. The van der Waals surface area contributed by atoms with Gasteiger partial charge in [-0.1, -0.05) is 24.3 Å². The zero-order chi connectivity index (χ0) is 22.7. The molecule has 1 aliphatic carbocycles. The van der Waals surface area contributed by atoms with Crippen molar-refractivity contribution >= 4 is 29.5 Å². The molecule has 10 heteroatoms. The van der Waals surface area contributed by atoms with Gasteiger partial charge >= 0.3 is 17.9 Å². The fourth-order valence-electron chi connectivity index (χ4n) is 3.31. The monoisotopic (exact) mass is 432 g/mol. The molecule has 1 aromatic rings. The van der Waals surface area contributed by atoms with E-state index in [2.05, 4.69) is 0 Å². The first-order valence-electron chi connectivity index (χ1n) is 9.37. The van der Waals surface area contributed by atoms with Crippen LogP contribution in [0.3, 0.4) is 0 Å². The first-order valence-corrected chi connectivity index (χ1v) is 9.37. The summed E-state index contributed by atoms with van der Waals surface area (Å²) in [5.74, 6) is -3.48. The van der Waals surface area contributed by atoms with Gasteiger partial charge in [-0.3, -0.25) is 24.0 Å². The van der Waals surface area contributed by atoms with Crippen LogP contribution >= 0.6 is 0 Å². The van der Waals surface area contributed by atoms with Crippen molar-refractivity contribution in [1.82, 2.24) is 0 Å². The highest BCUT2D eigenvalue weighted by Crippen LogP contribution is 2.29. The molecule has 1 heterocycles. The summed E-state index contributed by atoms with van der Waals surface area (Å²) in [5, 5.41) is 0. The molecule has 1 aliphatic heterocycles. The Morgan fingerprint density at radius 1 is 0.871 bits per heavy atom. The zero-order valence-corrected chi connectivity index (χ0v) is 17.0. The van der Waals surface area contributed by atoms with Crippen molar-refractivity contribution < 1.29 is 47.7 Å². The van der Waals surface area contributed by atoms with Gasteiger partial charge in [-0.25, -0.2) is 0 Å². The van der Waals surface area contributed by atoms with Crippen LogP contribution in [0, 0.1) is 0 Å². The lowest BCUT2D eigenvalue weighted by atomic mass is 9.93. The lowest BCUT2D eigenvalue weighted by molar-refractivity contribution is -0.270. The van der Waals surface area contributed by atoms with E-state index in [-0.39, 0.29) is 23.5 Å². The number of carbonyl (C=O) groups is 5. The summed E-state index contributed by atoms with van der Waals surface area (Å²) in [5.41, 5.74) is 0.382. The van der Waals surface area contributed by atoms with E-state index < -0.39 is 54.1 Å². The summed E-state index contributed by atoms with van der Waals surface area (Å²) >= 11 is 0. The molecule has 0 bridgehead atoms. The molecule has 4 atom stereocenters. The van der Waals surface area contributed by atoms with Crippen LogP contribution in [0.4, 0.5) is 0 Å². The second-order valence-electron chi connectivity index (χ2n) is 6.86. The zero-order valence-electron chi connectivity index (χ0n) is 17.0. The number of esters is 3. The Hall–Kier alpha value is -3.53. The second kappa shape index (κ2) is 9.09. The molecule has 0 spiro atoms. The van der Waals surface area contributed by atoms with Crippen LogP contribution in [-0.4, -0.2) is 60.7 Å². The Kier molecular flexibility index (Phi) is 6.50. The van der Waals surface area contributed by atoms with E-state index in [4.69, 9.17) is 23.7 Å². The molecule has 10 nitrogen and oxygen atoms in total. The average molecular weight is 432 g/mol. The lowest BCUT2D eigenvalue weighted by Gasteiger charge is -2.40. The van der Waals surface area contributed by atoms with Crippen molar-refractivity contribution in [3.8, 4) is 0 Å². The van der Waals surface area contributed by atoms with Crippen molar-refractivity contribution in [3.63, 3.8) is 0 Å². The minimum Gasteiger partial charge on any atom is -0.456 e. The summed E-state index contributed by atoms with van der Waals surface area (Å²) < 4.78 is 26.7. The first kappa shape index (κ1) is 22.2. The second-order valence-corrected chi connectivity index (χ2v) is 6.86. The highest BCUT2D eigenvalue weighted by molar-refractivity contribution is 6.23. The third-order valence-corrected chi connectivity index (χ3v) is 4.47. The number of hydrogen-bond donors (Lipinski definition) is 0. The maximum Gasteiger partial charge on any atom is 0.303 e. The SMILES string of the molecule is CC(=O)O[C@@H]1[C@@H](OC(C)=O)[C@H](OC2=CC(=O)c3ccccc3C2=O)OC[C@@H]1OC(C)=O. The Labute approximate surface area is 177 Å². The molecule has 0 aromatic heterocycles. The van der Waals surface area contributed by atoms with Crippen molar-refractivity contribution in [2.24, 2.45) is 0 Å². The highest BCUT2D eigenvalue weighted by atomic mass is 16.7. The number of ether oxygens (including phenoxy) is 5. The van der Waals surface area contributed by atoms with Crippen LogP contribution in [-0.2, 0) is 38.1 Å². The third-order valence-electron chi connectivity index (χ3n) is 4.47. The minimum atomic E-state index is -1.41. The van der Waals surface area contributed by atoms with E-state index in [1.54, 1.807) is 12.1 Å². The molecule has 3 rings (SSSR count). The van der Waals surface area contributed by atoms with Gasteiger partial charge in [0.05, 0.1) is 6.61 Å². The standard InChI is InChI=1S/C21H20O10/c1-10(22)28-17-9-27-21(20(30-12(3)24)19(17)29-11(2)23)31-16-8-15(25)13-6-4-5-7-14(13)18(16)26/h4-8,17,19-21H,9H2,1-3H3/t17-,19-,20+,21-/m0/s1. The highest BCUT2D eigenvalue weighted by Gasteiger charge is 2.49. The van der Waals surface area contributed by atoms with Crippen molar-refractivity contribution in [2.45, 2.75) is 45.4 Å². The van der Waals surface area contributed by atoms with Gasteiger partial charge in [-0.2, -0.15) is 0 Å². The number of rotatable bonds is 5. The number of ketones is 2. The smallest absolute Gasteiger partial charge is 0.303 e. The quantitative estimate of drug-likeness (QED) is 0.492. The van der Waals surface area contributed by atoms with Gasteiger partial charge in [0, 0.05) is 38.0 Å². The molecule has 1 fully saturated rings. The van der Waals surface area contributed by atoms with Crippen LogP contribution in [0.15, 0.2) is 36.1 Å². The van der Waals surface area contributed by atoms with Crippen LogP contribution in [0.1, 0.15) is 41.5 Å². The molecule has 0 radical (unpaired) electrons. The molecule has 0 saturated carbocycles. The average Bonchev–Trinajstić information content (AvgIpc) is 2.69. The van der Waals surface area contributed by atoms with Crippen molar-refractivity contribution in [1.29, 1.82) is 0 Å². The third kappa shape index (κ3) is 4.97. The number of carbonyl (C=O) groups excluding carboxylic acids is 5. The number of Topliss-reactive ketones (excluding diaryl/α,β-unsaturated/α-hetero) is 1. The maximum atomic E-state index is 12.8. The largest absolute Gasteiger partial charge is 0.456 e. The molecule has 0 amide bonds. The van der Waals surface area contributed by atoms with Crippen LogP contribution < -0.4 is 0 Å².